The molecule has 0 N–H and O–H groups in total. The number of halogens is 1. The minimum Gasteiger partial charge on any atom is -0.430 e. The Balaban J connectivity index is 1.86. The third kappa shape index (κ3) is 4.56. The molecule has 2 rings (SSSR count). The van der Waals surface area contributed by atoms with E-state index >= 15 is 0 Å². The molecule has 0 aliphatic heterocycles. The van der Waals surface area contributed by atoms with Crippen molar-refractivity contribution in [3.63, 3.8) is 0 Å². The fourth-order valence-electron chi connectivity index (χ4n) is 2.01. The maximum absolute atomic E-state index is 11.6. The van der Waals surface area contributed by atoms with Crippen LogP contribution in [0.5, 0.6) is 5.75 Å². The van der Waals surface area contributed by atoms with Gasteiger partial charge in [0.05, 0.1) is 0 Å². The quantitative estimate of drug-likeness (QED) is 0.471. The standard InChI is InChI=1S/C14H15ClO4/c15-10-5-7-12(8-6-10)18-14(17)19-13-4-2-1-3-11(16)9-13/h5-8,13H,1-4,9H2. The van der Waals surface area contributed by atoms with Gasteiger partial charge in [-0.25, -0.2) is 4.79 Å². The Morgan fingerprint density at radius 1 is 1.21 bits per heavy atom. The van der Waals surface area contributed by atoms with Crippen LogP contribution in [0.2, 0.25) is 5.02 Å². The SMILES string of the molecule is O=C1CCCCC(OC(=O)Oc2ccc(Cl)cc2)C1. The van der Waals surface area contributed by atoms with Crippen molar-refractivity contribution in [1.29, 1.82) is 0 Å². The highest BCUT2D eigenvalue weighted by Gasteiger charge is 2.22. The molecule has 1 aliphatic rings. The Kier molecular flexibility index (Phi) is 4.80. The van der Waals surface area contributed by atoms with Crippen molar-refractivity contribution in [1.82, 2.24) is 0 Å². The summed E-state index contributed by atoms with van der Waals surface area (Å²) in [5, 5.41) is 0.565. The van der Waals surface area contributed by atoms with E-state index in [-0.39, 0.29) is 18.3 Å². The lowest BCUT2D eigenvalue weighted by atomic mass is 10.1. The maximum Gasteiger partial charge on any atom is 0.514 e. The van der Waals surface area contributed by atoms with E-state index in [0.29, 0.717) is 23.6 Å². The number of rotatable bonds is 2. The molecule has 1 aromatic rings. The van der Waals surface area contributed by atoms with Crippen LogP contribution in [0.25, 0.3) is 0 Å². The minimum absolute atomic E-state index is 0.141. The van der Waals surface area contributed by atoms with Crippen molar-refractivity contribution in [2.75, 3.05) is 0 Å². The van der Waals surface area contributed by atoms with Crippen LogP contribution in [0.4, 0.5) is 4.79 Å². The highest BCUT2D eigenvalue weighted by molar-refractivity contribution is 6.30. The van der Waals surface area contributed by atoms with Crippen LogP contribution in [-0.4, -0.2) is 18.0 Å². The number of carbonyl (C=O) groups is 2. The number of ketones is 1. The summed E-state index contributed by atoms with van der Waals surface area (Å²) in [6, 6.07) is 6.42. The smallest absolute Gasteiger partial charge is 0.430 e. The topological polar surface area (TPSA) is 52.6 Å². The van der Waals surface area contributed by atoms with E-state index in [0.717, 1.165) is 12.8 Å². The number of ether oxygens (including phenoxy) is 2. The highest BCUT2D eigenvalue weighted by Crippen LogP contribution is 2.20. The first kappa shape index (κ1) is 13.9. The van der Waals surface area contributed by atoms with Crippen LogP contribution in [0.3, 0.4) is 0 Å². The van der Waals surface area contributed by atoms with Gasteiger partial charge in [0.1, 0.15) is 17.6 Å². The molecule has 0 bridgehead atoms. The van der Waals surface area contributed by atoms with Crippen LogP contribution in [0, 0.1) is 0 Å². The van der Waals surface area contributed by atoms with Crippen LogP contribution >= 0.6 is 11.6 Å². The molecule has 4 nitrogen and oxygen atoms in total. The third-order valence-electron chi connectivity index (χ3n) is 2.96. The molecule has 0 saturated heterocycles. The summed E-state index contributed by atoms with van der Waals surface area (Å²) in [7, 11) is 0. The van der Waals surface area contributed by atoms with Crippen molar-refractivity contribution in [3.05, 3.63) is 29.3 Å². The summed E-state index contributed by atoms with van der Waals surface area (Å²) >= 11 is 5.73. The van der Waals surface area contributed by atoms with Crippen LogP contribution < -0.4 is 4.74 Å². The van der Waals surface area contributed by atoms with Gasteiger partial charge >= 0.3 is 6.16 Å². The summed E-state index contributed by atoms with van der Waals surface area (Å²) in [6.45, 7) is 0. The minimum atomic E-state index is -0.776. The second-order valence-electron chi connectivity index (χ2n) is 4.53. The first-order chi connectivity index (χ1) is 9.13. The highest BCUT2D eigenvalue weighted by atomic mass is 35.5. The maximum atomic E-state index is 11.6. The van der Waals surface area contributed by atoms with Gasteiger partial charge in [0, 0.05) is 17.9 Å². The van der Waals surface area contributed by atoms with Crippen molar-refractivity contribution < 1.29 is 19.1 Å². The molecule has 1 saturated carbocycles. The van der Waals surface area contributed by atoms with E-state index in [1.54, 1.807) is 24.3 Å². The Labute approximate surface area is 116 Å². The molecule has 0 aromatic heterocycles. The molecule has 5 heteroatoms. The Morgan fingerprint density at radius 3 is 2.68 bits per heavy atom. The van der Waals surface area contributed by atoms with E-state index in [4.69, 9.17) is 21.1 Å². The Morgan fingerprint density at radius 2 is 1.95 bits per heavy atom. The molecular formula is C14H15ClO4. The van der Waals surface area contributed by atoms with E-state index in [1.807, 2.05) is 0 Å². The molecule has 1 atom stereocenters. The van der Waals surface area contributed by atoms with Crippen LogP contribution in [0.15, 0.2) is 24.3 Å². The van der Waals surface area contributed by atoms with E-state index in [2.05, 4.69) is 0 Å². The monoisotopic (exact) mass is 282 g/mol. The first-order valence-electron chi connectivity index (χ1n) is 6.29. The van der Waals surface area contributed by atoms with E-state index in [9.17, 15) is 9.59 Å². The van der Waals surface area contributed by atoms with Gasteiger partial charge in [-0.2, -0.15) is 0 Å². The second-order valence-corrected chi connectivity index (χ2v) is 4.97. The number of benzene rings is 1. The van der Waals surface area contributed by atoms with Crippen molar-refractivity contribution in [3.8, 4) is 5.75 Å². The van der Waals surface area contributed by atoms with Gasteiger partial charge in [-0.15, -0.1) is 0 Å². The normalized spacial score (nSPS) is 19.6. The average Bonchev–Trinajstić information content (AvgIpc) is 2.56. The van der Waals surface area contributed by atoms with Gasteiger partial charge in [0.25, 0.3) is 0 Å². The molecule has 19 heavy (non-hydrogen) atoms. The van der Waals surface area contributed by atoms with Crippen LogP contribution in [-0.2, 0) is 9.53 Å². The molecule has 1 aliphatic carbocycles. The lowest BCUT2D eigenvalue weighted by Gasteiger charge is -2.14. The van der Waals surface area contributed by atoms with Gasteiger partial charge in [0.2, 0.25) is 0 Å². The molecule has 102 valence electrons. The second kappa shape index (κ2) is 6.57. The average molecular weight is 283 g/mol. The van der Waals surface area contributed by atoms with Gasteiger partial charge in [-0.3, -0.25) is 4.79 Å². The lowest BCUT2D eigenvalue weighted by molar-refractivity contribution is -0.120. The number of hydrogen-bond acceptors (Lipinski definition) is 4. The van der Waals surface area contributed by atoms with Crippen molar-refractivity contribution in [2.45, 2.75) is 38.2 Å². The fourth-order valence-corrected chi connectivity index (χ4v) is 2.14. The molecule has 1 fully saturated rings. The number of hydrogen-bond donors (Lipinski definition) is 0. The summed E-state index contributed by atoms with van der Waals surface area (Å²) in [5.41, 5.74) is 0. The van der Waals surface area contributed by atoms with Gasteiger partial charge < -0.3 is 9.47 Å². The molecule has 0 amide bonds. The lowest BCUT2D eigenvalue weighted by Crippen LogP contribution is -2.22. The molecular weight excluding hydrogens is 268 g/mol. The molecule has 0 spiro atoms. The van der Waals surface area contributed by atoms with Gasteiger partial charge in [0.15, 0.2) is 0 Å². The van der Waals surface area contributed by atoms with Crippen molar-refractivity contribution >= 4 is 23.5 Å². The number of carbonyl (C=O) groups excluding carboxylic acids is 2. The predicted molar refractivity (Wildman–Crippen MR) is 70.4 cm³/mol. The van der Waals surface area contributed by atoms with Crippen LogP contribution in [0.1, 0.15) is 32.1 Å². The zero-order valence-corrected chi connectivity index (χ0v) is 11.2. The molecule has 0 radical (unpaired) electrons. The summed E-state index contributed by atoms with van der Waals surface area (Å²) < 4.78 is 10.2. The van der Waals surface area contributed by atoms with Crippen molar-refractivity contribution in [2.24, 2.45) is 0 Å². The summed E-state index contributed by atoms with van der Waals surface area (Å²) in [5.74, 6) is 0.510. The Hall–Kier alpha value is -1.55. The van der Waals surface area contributed by atoms with Gasteiger partial charge in [-0.1, -0.05) is 11.6 Å². The molecule has 0 heterocycles. The number of Topliss-reactive ketones (excluding diaryl/α,β-unsaturated/α-hetero) is 1. The van der Waals surface area contributed by atoms with E-state index < -0.39 is 6.16 Å². The summed E-state index contributed by atoms with van der Waals surface area (Å²) in [6.07, 6.45) is 2.19. The molecule has 1 unspecified atom stereocenters. The molecule has 1 aromatic carbocycles. The predicted octanol–water partition coefficient (Wildman–Crippen LogP) is 3.76. The first-order valence-corrected chi connectivity index (χ1v) is 6.67. The zero-order valence-electron chi connectivity index (χ0n) is 10.4. The van der Waals surface area contributed by atoms with Gasteiger partial charge in [-0.05, 0) is 43.5 Å². The zero-order chi connectivity index (χ0) is 13.7. The Bertz CT molecular complexity index is 455. The van der Waals surface area contributed by atoms with E-state index in [1.165, 1.54) is 0 Å². The largest absolute Gasteiger partial charge is 0.514 e. The fraction of sp³-hybridized carbons (Fsp3) is 0.429. The third-order valence-corrected chi connectivity index (χ3v) is 3.22. The summed E-state index contributed by atoms with van der Waals surface area (Å²) in [4.78, 5) is 23.0.